The topological polar surface area (TPSA) is 6.48 Å². The first-order chi connectivity index (χ1) is 21.3. The third kappa shape index (κ3) is 11.7. The fourth-order valence-electron chi connectivity index (χ4n) is 7.96. The van der Waals surface area contributed by atoms with Gasteiger partial charge >= 0.3 is 73.4 Å². The molecular weight excluding hydrogens is 687 g/mol. The van der Waals surface area contributed by atoms with Gasteiger partial charge in [-0.05, 0) is 94.4 Å². The average molecular weight is 745 g/mol. The Morgan fingerprint density at radius 3 is 1.55 bits per heavy atom. The molecule has 1 aliphatic heterocycles. The molecule has 4 aliphatic rings. The first kappa shape index (κ1) is 36.5. The van der Waals surface area contributed by atoms with Gasteiger partial charge in [0.1, 0.15) is 0 Å². The summed E-state index contributed by atoms with van der Waals surface area (Å²) in [6.07, 6.45) is 23.6. The second-order valence-corrected chi connectivity index (χ2v) is 22.3. The van der Waals surface area contributed by atoms with Crippen molar-refractivity contribution in [1.29, 1.82) is 0 Å². The fourth-order valence-corrected chi connectivity index (χ4v) is 14.5. The number of benzene rings is 2. The van der Waals surface area contributed by atoms with E-state index >= 15 is 0 Å². The Labute approximate surface area is 284 Å². The van der Waals surface area contributed by atoms with Gasteiger partial charge in [0, 0.05) is 18.8 Å². The Hall–Kier alpha value is -0.297. The monoisotopic (exact) mass is 744 g/mol. The third-order valence-electron chi connectivity index (χ3n) is 9.84. The van der Waals surface area contributed by atoms with Gasteiger partial charge in [-0.3, -0.25) is 4.90 Å². The Balaban J connectivity index is 0.000000158. The van der Waals surface area contributed by atoms with Crippen LogP contribution >= 0.6 is 27.3 Å². The summed E-state index contributed by atoms with van der Waals surface area (Å²) in [5, 5.41) is 0. The van der Waals surface area contributed by atoms with E-state index in [0.717, 1.165) is 18.7 Å². The summed E-state index contributed by atoms with van der Waals surface area (Å²) in [7, 11) is 13.8. The van der Waals surface area contributed by atoms with E-state index in [1.807, 2.05) is 34.9 Å². The SMILES string of the molecule is C1CCC(P(C2CCCCC2)C2CCCCC2)CC1.Cc1cc(C)c(N2[C]N(C)CC2)c(C)c1.[Cl][Ru]([Cl])=[CH]c1ccccc1. The van der Waals surface area contributed by atoms with Gasteiger partial charge in [0.05, 0.1) is 0 Å². The molecule has 4 fully saturated rings. The van der Waals surface area contributed by atoms with Gasteiger partial charge in [-0.15, -0.1) is 0 Å². The first-order valence-corrected chi connectivity index (χ1v) is 24.3. The predicted octanol–water partition coefficient (Wildman–Crippen LogP) is 11.6. The van der Waals surface area contributed by atoms with Crippen LogP contribution in [0.3, 0.4) is 0 Å². The van der Waals surface area contributed by atoms with Crippen molar-refractivity contribution in [3.05, 3.63) is 71.4 Å². The van der Waals surface area contributed by atoms with E-state index in [-0.39, 0.29) is 0 Å². The van der Waals surface area contributed by atoms with Crippen LogP contribution in [0.5, 0.6) is 0 Å². The Morgan fingerprint density at radius 2 is 1.16 bits per heavy atom. The number of aryl methyl sites for hydroxylation is 3. The van der Waals surface area contributed by atoms with Crippen LogP contribution in [0.4, 0.5) is 5.69 Å². The number of hydrogen-bond donors (Lipinski definition) is 0. The van der Waals surface area contributed by atoms with E-state index in [2.05, 4.69) is 56.4 Å². The van der Waals surface area contributed by atoms with Crippen LogP contribution in [-0.4, -0.2) is 46.6 Å². The zero-order valence-electron chi connectivity index (χ0n) is 27.8. The Morgan fingerprint density at radius 1 is 0.705 bits per heavy atom. The number of hydrogen-bond acceptors (Lipinski definition) is 2. The van der Waals surface area contributed by atoms with Crippen LogP contribution in [0, 0.1) is 27.4 Å². The Bertz CT molecular complexity index is 1070. The second-order valence-electron chi connectivity index (χ2n) is 13.5. The summed E-state index contributed by atoms with van der Waals surface area (Å²) >= 11 is -1.61. The minimum atomic E-state index is -1.61. The summed E-state index contributed by atoms with van der Waals surface area (Å²) in [6.45, 7) is 11.9. The zero-order valence-corrected chi connectivity index (χ0v) is 32.0. The van der Waals surface area contributed by atoms with E-state index in [4.69, 9.17) is 19.4 Å². The summed E-state index contributed by atoms with van der Waals surface area (Å²) in [5.41, 5.74) is 10.0. The van der Waals surface area contributed by atoms with Gasteiger partial charge in [-0.2, -0.15) is 0 Å². The Kier molecular flexibility index (Phi) is 16.2. The fraction of sp³-hybridized carbons (Fsp3) is 0.632. The quantitative estimate of drug-likeness (QED) is 0.222. The molecule has 44 heavy (non-hydrogen) atoms. The molecule has 1 heterocycles. The summed E-state index contributed by atoms with van der Waals surface area (Å²) in [6, 6.07) is 14.4. The van der Waals surface area contributed by atoms with Crippen LogP contribution in [-0.2, 0) is 13.5 Å². The maximum atomic E-state index is 5.67. The van der Waals surface area contributed by atoms with Crippen LogP contribution in [0.1, 0.15) is 119 Å². The number of likely N-dealkylation sites (N-methyl/N-ethyl adjacent to an activating group) is 1. The van der Waals surface area contributed by atoms with Gasteiger partial charge in [-0.1, -0.05) is 83.4 Å². The second kappa shape index (κ2) is 19.5. The average Bonchev–Trinajstić information content (AvgIpc) is 3.45. The molecule has 2 nitrogen and oxygen atoms in total. The van der Waals surface area contributed by atoms with Crippen molar-refractivity contribution in [1.82, 2.24) is 4.90 Å². The van der Waals surface area contributed by atoms with Gasteiger partial charge in [0.15, 0.2) is 6.67 Å². The van der Waals surface area contributed by atoms with Crippen LogP contribution in [0.15, 0.2) is 42.5 Å². The molecular formula is C38H57Cl2N2PRu. The molecule has 2 radical (unpaired) electrons. The van der Waals surface area contributed by atoms with Crippen molar-refractivity contribution in [3.63, 3.8) is 0 Å². The molecule has 0 bridgehead atoms. The molecule has 2 aromatic rings. The van der Waals surface area contributed by atoms with Gasteiger partial charge in [0.25, 0.3) is 0 Å². The summed E-state index contributed by atoms with van der Waals surface area (Å²) in [4.78, 5) is 4.34. The van der Waals surface area contributed by atoms with Crippen molar-refractivity contribution in [2.75, 3.05) is 25.0 Å². The molecule has 3 aliphatic carbocycles. The van der Waals surface area contributed by atoms with Gasteiger partial charge in [0.2, 0.25) is 0 Å². The van der Waals surface area contributed by atoms with E-state index < -0.39 is 13.5 Å². The standard InChI is InChI=1S/C18H33P.C13H18N2.C7H6.2ClH.Ru/c1-4-10-16(11-5-1)19(17-12-6-2-7-13-17)18-14-8-3-9-15-18;1-10-7-11(2)13(12(3)8-10)15-6-5-14(4)9-15;1-7-5-3-2-4-6-7;;;/h16-18H,1-15H2;7-8H,5-6H2,1-4H3;1-6H;2*1H;/q;;;;;+2/p-2. The molecule has 0 unspecified atom stereocenters. The summed E-state index contributed by atoms with van der Waals surface area (Å²) < 4.78 is 1.92. The van der Waals surface area contributed by atoms with Crippen molar-refractivity contribution in [2.24, 2.45) is 0 Å². The minimum absolute atomic E-state index is 0.385. The molecule has 3 saturated carbocycles. The third-order valence-corrected chi connectivity index (χ3v) is 15.8. The van der Waals surface area contributed by atoms with E-state index in [1.54, 1.807) is 77.0 Å². The zero-order chi connectivity index (χ0) is 31.3. The number of anilines is 1. The molecule has 1 saturated heterocycles. The first-order valence-electron chi connectivity index (χ1n) is 17.3. The van der Waals surface area contributed by atoms with Gasteiger partial charge < -0.3 is 4.90 Å². The van der Waals surface area contributed by atoms with Crippen LogP contribution in [0.25, 0.3) is 0 Å². The molecule has 0 spiro atoms. The van der Waals surface area contributed by atoms with Crippen LogP contribution in [0.2, 0.25) is 0 Å². The van der Waals surface area contributed by atoms with Crippen molar-refractivity contribution in [2.45, 2.75) is 134 Å². The molecule has 246 valence electrons. The number of nitrogens with zero attached hydrogens (tertiary/aromatic N) is 2. The molecule has 2 aromatic carbocycles. The molecule has 6 heteroatoms. The van der Waals surface area contributed by atoms with Gasteiger partial charge in [-0.25, -0.2) is 0 Å². The molecule has 0 aromatic heterocycles. The molecule has 0 amide bonds. The van der Waals surface area contributed by atoms with E-state index in [1.165, 1.54) is 58.6 Å². The molecule has 6 rings (SSSR count). The van der Waals surface area contributed by atoms with Crippen molar-refractivity contribution < 1.29 is 13.5 Å². The summed E-state index contributed by atoms with van der Waals surface area (Å²) in [5.74, 6) is 0. The van der Waals surface area contributed by atoms with E-state index in [0.29, 0.717) is 7.92 Å². The van der Waals surface area contributed by atoms with E-state index in [9.17, 15) is 0 Å². The van der Waals surface area contributed by atoms with Crippen LogP contribution < -0.4 is 4.90 Å². The molecule has 0 atom stereocenters. The number of rotatable bonds is 5. The predicted molar refractivity (Wildman–Crippen MR) is 195 cm³/mol. The van der Waals surface area contributed by atoms with Crippen molar-refractivity contribution in [3.8, 4) is 0 Å². The number of halogens is 2. The normalized spacial score (nSPS) is 20.9. The molecule has 0 N–H and O–H groups in total. The maximum absolute atomic E-state index is 5.67. The van der Waals surface area contributed by atoms with Crippen molar-refractivity contribution >= 4 is 37.6 Å².